The van der Waals surface area contributed by atoms with Crippen LogP contribution in [0.5, 0.6) is 5.75 Å². The third kappa shape index (κ3) is 3.82. The molecule has 6 heteroatoms. The van der Waals surface area contributed by atoms with Crippen molar-refractivity contribution < 1.29 is 9.53 Å². The quantitative estimate of drug-likeness (QED) is 0.672. The van der Waals surface area contributed by atoms with Crippen LogP contribution in [-0.2, 0) is 11.4 Å². The Kier molecular flexibility index (Phi) is 4.94. The molecule has 1 amide bonds. The van der Waals surface area contributed by atoms with Crippen molar-refractivity contribution in [2.24, 2.45) is 0 Å². The molecule has 1 heterocycles. The fraction of sp³-hybridized carbons (Fsp3) is 0.0556. The van der Waals surface area contributed by atoms with E-state index in [0.29, 0.717) is 27.1 Å². The maximum absolute atomic E-state index is 11.6. The summed E-state index contributed by atoms with van der Waals surface area (Å²) in [6, 6.07) is 16.9. The van der Waals surface area contributed by atoms with Gasteiger partial charge >= 0.3 is 0 Å². The van der Waals surface area contributed by atoms with Crippen LogP contribution < -0.4 is 10.1 Å². The van der Waals surface area contributed by atoms with Crippen molar-refractivity contribution in [3.05, 3.63) is 70.1 Å². The molecule has 3 rings (SSSR count). The Morgan fingerprint density at radius 3 is 2.62 bits per heavy atom. The zero-order valence-electron chi connectivity index (χ0n) is 12.5. The van der Waals surface area contributed by atoms with Crippen LogP contribution >= 0.6 is 24.0 Å². The maximum Gasteiger partial charge on any atom is 0.263 e. The molecule has 0 unspecified atom stereocenters. The van der Waals surface area contributed by atoms with E-state index in [9.17, 15) is 4.79 Å². The van der Waals surface area contributed by atoms with Crippen molar-refractivity contribution in [1.29, 1.82) is 5.26 Å². The number of carbonyl (C=O) groups is 1. The van der Waals surface area contributed by atoms with Gasteiger partial charge in [-0.15, -0.1) is 0 Å². The summed E-state index contributed by atoms with van der Waals surface area (Å²) in [5, 5.41) is 11.7. The molecule has 2 aromatic rings. The molecule has 1 aliphatic heterocycles. The molecule has 2 aromatic carbocycles. The van der Waals surface area contributed by atoms with E-state index in [-0.39, 0.29) is 5.91 Å². The summed E-state index contributed by atoms with van der Waals surface area (Å²) >= 11 is 6.21. The highest BCUT2D eigenvalue weighted by molar-refractivity contribution is 8.26. The Balaban J connectivity index is 1.67. The van der Waals surface area contributed by atoms with E-state index in [1.165, 1.54) is 11.8 Å². The summed E-state index contributed by atoms with van der Waals surface area (Å²) in [4.78, 5) is 12.2. The lowest BCUT2D eigenvalue weighted by Crippen LogP contribution is -2.17. The second kappa shape index (κ2) is 7.30. The highest BCUT2D eigenvalue weighted by Gasteiger charge is 2.21. The summed E-state index contributed by atoms with van der Waals surface area (Å²) in [6.07, 6.45) is 1.79. The minimum Gasteiger partial charge on any atom is -0.489 e. The zero-order valence-corrected chi connectivity index (χ0v) is 14.1. The molecule has 24 heavy (non-hydrogen) atoms. The summed E-state index contributed by atoms with van der Waals surface area (Å²) < 4.78 is 6.20. The van der Waals surface area contributed by atoms with Crippen molar-refractivity contribution in [3.63, 3.8) is 0 Å². The molecule has 0 spiro atoms. The molecular weight excluding hydrogens is 340 g/mol. The Morgan fingerprint density at radius 2 is 1.96 bits per heavy atom. The first-order valence-corrected chi connectivity index (χ1v) is 8.34. The average molecular weight is 352 g/mol. The first-order valence-electron chi connectivity index (χ1n) is 7.11. The number of rotatable bonds is 4. The highest BCUT2D eigenvalue weighted by Crippen LogP contribution is 2.26. The van der Waals surface area contributed by atoms with E-state index in [4.69, 9.17) is 22.2 Å². The van der Waals surface area contributed by atoms with E-state index in [0.717, 1.165) is 11.1 Å². The maximum atomic E-state index is 11.6. The van der Waals surface area contributed by atoms with Crippen molar-refractivity contribution in [2.45, 2.75) is 6.61 Å². The van der Waals surface area contributed by atoms with Gasteiger partial charge in [0.15, 0.2) is 0 Å². The minimum absolute atomic E-state index is 0.168. The van der Waals surface area contributed by atoms with Crippen LogP contribution in [-0.4, -0.2) is 10.2 Å². The van der Waals surface area contributed by atoms with E-state index >= 15 is 0 Å². The Morgan fingerprint density at radius 1 is 1.21 bits per heavy atom. The molecule has 0 atom stereocenters. The lowest BCUT2D eigenvalue weighted by Gasteiger charge is -2.07. The van der Waals surface area contributed by atoms with Gasteiger partial charge in [0, 0.05) is 5.56 Å². The number of hydrogen-bond donors (Lipinski definition) is 1. The number of amides is 1. The fourth-order valence-electron chi connectivity index (χ4n) is 2.15. The van der Waals surface area contributed by atoms with Gasteiger partial charge < -0.3 is 10.1 Å². The number of benzene rings is 2. The monoisotopic (exact) mass is 352 g/mol. The van der Waals surface area contributed by atoms with Crippen LogP contribution in [0.1, 0.15) is 16.7 Å². The highest BCUT2D eigenvalue weighted by atomic mass is 32.2. The van der Waals surface area contributed by atoms with Crippen LogP contribution in [0.25, 0.3) is 6.08 Å². The van der Waals surface area contributed by atoms with Gasteiger partial charge in [0.25, 0.3) is 5.91 Å². The largest absolute Gasteiger partial charge is 0.489 e. The molecule has 1 N–H and O–H groups in total. The minimum atomic E-state index is -0.168. The van der Waals surface area contributed by atoms with Gasteiger partial charge in [-0.3, -0.25) is 4.79 Å². The van der Waals surface area contributed by atoms with Crippen molar-refractivity contribution in [2.75, 3.05) is 0 Å². The lowest BCUT2D eigenvalue weighted by molar-refractivity contribution is -0.115. The predicted molar refractivity (Wildman–Crippen MR) is 98.2 cm³/mol. The van der Waals surface area contributed by atoms with Crippen LogP contribution in [0, 0.1) is 11.3 Å². The summed E-state index contributed by atoms with van der Waals surface area (Å²) in [5.41, 5.74) is 2.35. The number of nitriles is 1. The second-order valence-corrected chi connectivity index (χ2v) is 6.70. The zero-order chi connectivity index (χ0) is 16.9. The lowest BCUT2D eigenvalue weighted by atomic mass is 10.1. The van der Waals surface area contributed by atoms with Gasteiger partial charge in [0.1, 0.15) is 16.7 Å². The normalized spacial score (nSPS) is 15.2. The molecule has 0 radical (unpaired) electrons. The van der Waals surface area contributed by atoms with Crippen molar-refractivity contribution >= 4 is 40.3 Å². The molecule has 1 saturated heterocycles. The second-order valence-electron chi connectivity index (χ2n) is 4.98. The van der Waals surface area contributed by atoms with Gasteiger partial charge in [-0.1, -0.05) is 54.3 Å². The topological polar surface area (TPSA) is 62.1 Å². The van der Waals surface area contributed by atoms with E-state index < -0.39 is 0 Å². The third-order valence-electron chi connectivity index (χ3n) is 3.35. The van der Waals surface area contributed by atoms with Crippen LogP contribution in [0.3, 0.4) is 0 Å². The van der Waals surface area contributed by atoms with Crippen molar-refractivity contribution in [1.82, 2.24) is 5.32 Å². The Hall–Kier alpha value is -2.62. The number of nitrogens with zero attached hydrogens (tertiary/aromatic N) is 1. The van der Waals surface area contributed by atoms with E-state index in [1.807, 2.05) is 42.5 Å². The molecule has 4 nitrogen and oxygen atoms in total. The van der Waals surface area contributed by atoms with Crippen LogP contribution in [0.4, 0.5) is 0 Å². The molecule has 0 saturated carbocycles. The first kappa shape index (κ1) is 16.2. The van der Waals surface area contributed by atoms with Gasteiger partial charge in [0.2, 0.25) is 0 Å². The van der Waals surface area contributed by atoms with E-state index in [2.05, 4.69) is 11.4 Å². The number of hydrogen-bond acceptors (Lipinski definition) is 5. The predicted octanol–water partition coefficient (Wildman–Crippen LogP) is 3.63. The SMILES string of the molecule is N#Cc1ccccc1COc1ccc(/C=C2\SC(=S)NC2=O)cc1. The van der Waals surface area contributed by atoms with Crippen LogP contribution in [0.15, 0.2) is 53.4 Å². The summed E-state index contributed by atoms with van der Waals surface area (Å²) in [6.45, 7) is 0.330. The van der Waals surface area contributed by atoms with Gasteiger partial charge in [0.05, 0.1) is 16.5 Å². The molecule has 0 aliphatic carbocycles. The number of thioether (sulfide) groups is 1. The Bertz CT molecular complexity index is 867. The van der Waals surface area contributed by atoms with Gasteiger partial charge in [-0.2, -0.15) is 5.26 Å². The number of nitrogens with one attached hydrogen (secondary N) is 1. The number of thiocarbonyl (C=S) groups is 1. The number of carbonyl (C=O) groups excluding carboxylic acids is 1. The van der Waals surface area contributed by atoms with Gasteiger partial charge in [-0.25, -0.2) is 0 Å². The first-order chi connectivity index (χ1) is 11.7. The molecule has 118 valence electrons. The summed E-state index contributed by atoms with van der Waals surface area (Å²) in [5.74, 6) is 0.530. The van der Waals surface area contributed by atoms with Crippen molar-refractivity contribution in [3.8, 4) is 11.8 Å². The molecule has 0 aromatic heterocycles. The fourth-order valence-corrected chi connectivity index (χ4v) is 3.19. The average Bonchev–Trinajstić information content (AvgIpc) is 2.91. The summed E-state index contributed by atoms with van der Waals surface area (Å²) in [7, 11) is 0. The third-order valence-corrected chi connectivity index (χ3v) is 4.51. The standard InChI is InChI=1S/C18H12N2O2S2/c19-10-13-3-1-2-4-14(13)11-22-15-7-5-12(6-8-15)9-16-17(21)20-18(23)24-16/h1-9H,11H2,(H,20,21,23)/b16-9-. The molecule has 1 fully saturated rings. The van der Waals surface area contributed by atoms with E-state index in [1.54, 1.807) is 12.1 Å². The molecule has 1 aliphatic rings. The number of ether oxygens (including phenoxy) is 1. The van der Waals surface area contributed by atoms with Gasteiger partial charge in [-0.05, 0) is 29.8 Å². The van der Waals surface area contributed by atoms with Crippen LogP contribution in [0.2, 0.25) is 0 Å². The molecule has 0 bridgehead atoms. The Labute approximate surface area is 149 Å². The smallest absolute Gasteiger partial charge is 0.263 e. The molecular formula is C18H12N2O2S2.